The lowest BCUT2D eigenvalue weighted by atomic mass is 10.1. The lowest BCUT2D eigenvalue weighted by Gasteiger charge is -2.11. The summed E-state index contributed by atoms with van der Waals surface area (Å²) < 4.78 is 10.7. The molecule has 6 heteroatoms. The molecule has 0 bridgehead atoms. The van der Waals surface area contributed by atoms with Gasteiger partial charge in [-0.05, 0) is 42.8 Å². The van der Waals surface area contributed by atoms with E-state index in [2.05, 4.69) is 5.32 Å². The number of para-hydroxylation sites is 1. The lowest BCUT2D eigenvalue weighted by molar-refractivity contribution is -0.116. The van der Waals surface area contributed by atoms with Crippen molar-refractivity contribution in [1.82, 2.24) is 0 Å². The molecule has 0 aromatic heterocycles. The molecule has 0 aliphatic heterocycles. The maximum absolute atomic E-state index is 12.1. The maximum Gasteiger partial charge on any atom is 0.340 e. The zero-order valence-electron chi connectivity index (χ0n) is 14.7. The Morgan fingerprint density at radius 1 is 1.04 bits per heavy atom. The van der Waals surface area contributed by atoms with Crippen molar-refractivity contribution in [3.63, 3.8) is 0 Å². The quantitative estimate of drug-likeness (QED) is 0.509. The van der Waals surface area contributed by atoms with Crippen molar-refractivity contribution < 1.29 is 19.1 Å². The highest BCUT2D eigenvalue weighted by Crippen LogP contribution is 2.18. The summed E-state index contributed by atoms with van der Waals surface area (Å²) in [6.07, 6.45) is 1.91. The first-order chi connectivity index (χ1) is 12.6. The summed E-state index contributed by atoms with van der Waals surface area (Å²) in [4.78, 5) is 24.3. The predicted molar refractivity (Wildman–Crippen MR) is 102 cm³/mol. The molecule has 1 amide bonds. The molecule has 0 fully saturated rings. The van der Waals surface area contributed by atoms with Gasteiger partial charge in [-0.3, -0.25) is 4.79 Å². The highest BCUT2D eigenvalue weighted by atomic mass is 35.5. The van der Waals surface area contributed by atoms with E-state index < -0.39 is 5.97 Å². The molecule has 0 aliphatic rings. The summed E-state index contributed by atoms with van der Waals surface area (Å²) >= 11 is 5.81. The van der Waals surface area contributed by atoms with Gasteiger partial charge >= 0.3 is 5.97 Å². The third kappa shape index (κ3) is 6.41. The largest absolute Gasteiger partial charge is 0.493 e. The fourth-order valence-electron chi connectivity index (χ4n) is 2.16. The Morgan fingerprint density at radius 3 is 2.50 bits per heavy atom. The van der Waals surface area contributed by atoms with Crippen molar-refractivity contribution in [1.29, 1.82) is 0 Å². The molecule has 2 aromatic rings. The fourth-order valence-corrected chi connectivity index (χ4v) is 2.29. The fraction of sp³-hybridized carbons (Fsp3) is 0.300. The van der Waals surface area contributed by atoms with Gasteiger partial charge in [0.2, 0.25) is 5.91 Å². The van der Waals surface area contributed by atoms with Crippen molar-refractivity contribution in [3.05, 3.63) is 59.1 Å². The molecule has 0 radical (unpaired) electrons. The molecular formula is C20H22ClNO4. The number of ether oxygens (including phenoxy) is 2. The zero-order chi connectivity index (χ0) is 18.8. The maximum atomic E-state index is 12.1. The SMILES string of the molecule is CCCCOC(=O)c1ccccc1NC(=O)CCOc1ccc(Cl)cc1. The smallest absolute Gasteiger partial charge is 0.340 e. The van der Waals surface area contributed by atoms with Crippen LogP contribution in [0.4, 0.5) is 5.69 Å². The summed E-state index contributed by atoms with van der Waals surface area (Å²) in [6.45, 7) is 2.61. The van der Waals surface area contributed by atoms with Crippen LogP contribution in [-0.2, 0) is 9.53 Å². The number of unbranched alkanes of at least 4 members (excludes halogenated alkanes) is 1. The first-order valence-electron chi connectivity index (χ1n) is 8.54. The van der Waals surface area contributed by atoms with Crippen LogP contribution in [0.15, 0.2) is 48.5 Å². The molecule has 26 heavy (non-hydrogen) atoms. The minimum atomic E-state index is -0.438. The van der Waals surface area contributed by atoms with Crippen molar-refractivity contribution in [3.8, 4) is 5.75 Å². The number of benzene rings is 2. The summed E-state index contributed by atoms with van der Waals surface area (Å²) in [6, 6.07) is 13.7. The second kappa shape index (κ2) is 10.5. The van der Waals surface area contributed by atoms with Crippen LogP contribution in [0.1, 0.15) is 36.5 Å². The van der Waals surface area contributed by atoms with Crippen LogP contribution in [0.5, 0.6) is 5.75 Å². The summed E-state index contributed by atoms with van der Waals surface area (Å²) in [7, 11) is 0. The van der Waals surface area contributed by atoms with Crippen molar-refractivity contribution in [2.45, 2.75) is 26.2 Å². The number of amides is 1. The Bertz CT molecular complexity index is 731. The van der Waals surface area contributed by atoms with Crippen molar-refractivity contribution in [2.75, 3.05) is 18.5 Å². The molecule has 0 unspecified atom stereocenters. The number of nitrogens with one attached hydrogen (secondary N) is 1. The highest BCUT2D eigenvalue weighted by Gasteiger charge is 2.14. The minimum Gasteiger partial charge on any atom is -0.493 e. The van der Waals surface area contributed by atoms with E-state index in [0.717, 1.165) is 12.8 Å². The van der Waals surface area contributed by atoms with Crippen LogP contribution < -0.4 is 10.1 Å². The van der Waals surface area contributed by atoms with Gasteiger partial charge in [0.05, 0.1) is 30.9 Å². The average Bonchev–Trinajstić information content (AvgIpc) is 2.64. The van der Waals surface area contributed by atoms with E-state index in [1.807, 2.05) is 6.92 Å². The zero-order valence-corrected chi connectivity index (χ0v) is 15.4. The van der Waals surface area contributed by atoms with Gasteiger partial charge < -0.3 is 14.8 Å². The third-order valence-electron chi connectivity index (χ3n) is 3.56. The molecule has 1 N–H and O–H groups in total. The molecule has 0 heterocycles. The van der Waals surface area contributed by atoms with Crippen LogP contribution >= 0.6 is 11.6 Å². The Labute approximate surface area is 158 Å². The van der Waals surface area contributed by atoms with E-state index in [1.54, 1.807) is 48.5 Å². The number of hydrogen-bond donors (Lipinski definition) is 1. The van der Waals surface area contributed by atoms with E-state index >= 15 is 0 Å². The predicted octanol–water partition coefficient (Wildman–Crippen LogP) is 4.70. The number of esters is 1. The van der Waals surface area contributed by atoms with Crippen molar-refractivity contribution >= 4 is 29.2 Å². The number of carbonyl (C=O) groups is 2. The lowest BCUT2D eigenvalue weighted by Crippen LogP contribution is -2.18. The van der Waals surface area contributed by atoms with E-state index in [-0.39, 0.29) is 18.9 Å². The van der Waals surface area contributed by atoms with Gasteiger partial charge in [-0.2, -0.15) is 0 Å². The van der Waals surface area contributed by atoms with Crippen LogP contribution in [0.25, 0.3) is 0 Å². The molecule has 0 aliphatic carbocycles. The normalized spacial score (nSPS) is 10.2. The molecule has 0 atom stereocenters. The summed E-state index contributed by atoms with van der Waals surface area (Å²) in [5, 5.41) is 3.36. The van der Waals surface area contributed by atoms with E-state index in [9.17, 15) is 9.59 Å². The number of anilines is 1. The molecule has 138 valence electrons. The summed E-state index contributed by atoms with van der Waals surface area (Å²) in [5.74, 6) is -0.0401. The van der Waals surface area contributed by atoms with Crippen LogP contribution in [0.3, 0.4) is 0 Å². The van der Waals surface area contributed by atoms with Gasteiger partial charge in [0, 0.05) is 5.02 Å². The average molecular weight is 376 g/mol. The Morgan fingerprint density at radius 2 is 1.77 bits per heavy atom. The van der Waals surface area contributed by atoms with E-state index in [1.165, 1.54) is 0 Å². The standard InChI is InChI=1S/C20H22ClNO4/c1-2-3-13-26-20(24)17-6-4-5-7-18(17)22-19(23)12-14-25-16-10-8-15(21)9-11-16/h4-11H,2-3,12-14H2,1H3,(H,22,23). The Balaban J connectivity index is 1.86. The number of halogens is 1. The monoisotopic (exact) mass is 375 g/mol. The van der Waals surface area contributed by atoms with Gasteiger partial charge in [0.1, 0.15) is 5.75 Å². The van der Waals surface area contributed by atoms with Crippen molar-refractivity contribution in [2.24, 2.45) is 0 Å². The summed E-state index contributed by atoms with van der Waals surface area (Å²) in [5.41, 5.74) is 0.779. The molecule has 0 saturated carbocycles. The van der Waals surface area contributed by atoms with Gasteiger partial charge in [-0.15, -0.1) is 0 Å². The van der Waals surface area contributed by atoms with Gasteiger partial charge in [-0.1, -0.05) is 37.1 Å². The van der Waals surface area contributed by atoms with E-state index in [0.29, 0.717) is 28.6 Å². The molecule has 5 nitrogen and oxygen atoms in total. The molecule has 2 aromatic carbocycles. The second-order valence-electron chi connectivity index (χ2n) is 5.64. The highest BCUT2D eigenvalue weighted by molar-refractivity contribution is 6.30. The number of hydrogen-bond acceptors (Lipinski definition) is 4. The van der Waals surface area contributed by atoms with E-state index in [4.69, 9.17) is 21.1 Å². The molecular weight excluding hydrogens is 354 g/mol. The van der Waals surface area contributed by atoms with Gasteiger partial charge in [-0.25, -0.2) is 4.79 Å². The molecule has 0 saturated heterocycles. The topological polar surface area (TPSA) is 64.6 Å². The van der Waals surface area contributed by atoms with Crippen LogP contribution in [0, 0.1) is 0 Å². The number of rotatable bonds is 9. The first kappa shape index (κ1) is 19.8. The second-order valence-corrected chi connectivity index (χ2v) is 6.07. The number of carbonyl (C=O) groups excluding carboxylic acids is 2. The van der Waals surface area contributed by atoms with Crippen LogP contribution in [-0.4, -0.2) is 25.1 Å². The Kier molecular flexibility index (Phi) is 7.96. The minimum absolute atomic E-state index is 0.155. The molecule has 0 spiro atoms. The molecule has 2 rings (SSSR count). The van der Waals surface area contributed by atoms with Gasteiger partial charge in [0.15, 0.2) is 0 Å². The first-order valence-corrected chi connectivity index (χ1v) is 8.92. The van der Waals surface area contributed by atoms with Gasteiger partial charge in [0.25, 0.3) is 0 Å². The Hall–Kier alpha value is -2.53. The third-order valence-corrected chi connectivity index (χ3v) is 3.82. The van der Waals surface area contributed by atoms with Crippen LogP contribution in [0.2, 0.25) is 5.02 Å².